The van der Waals surface area contributed by atoms with Crippen LogP contribution in [-0.4, -0.2) is 19.1 Å². The summed E-state index contributed by atoms with van der Waals surface area (Å²) in [7, 11) is -3.99. The van der Waals surface area contributed by atoms with Crippen LogP contribution >= 0.6 is 30.5 Å². The highest BCUT2D eigenvalue weighted by atomic mass is 35.5. The maximum atomic E-state index is 14.5. The summed E-state index contributed by atoms with van der Waals surface area (Å²) in [6.07, 6.45) is 1.57. The number of benzene rings is 2. The predicted octanol–water partition coefficient (Wildman–Crippen LogP) is 6.68. The molecule has 5 nitrogen and oxygen atoms in total. The Bertz CT molecular complexity index is 1210. The number of halogens is 3. The molecule has 1 amide bonds. The summed E-state index contributed by atoms with van der Waals surface area (Å²) in [6.45, 7) is 3.85. The molecule has 0 N–H and O–H groups in total. The van der Waals surface area contributed by atoms with Crippen molar-refractivity contribution < 1.29 is 27.2 Å². The zero-order chi connectivity index (χ0) is 22.2. The fourth-order valence-electron chi connectivity index (χ4n) is 3.42. The largest absolute Gasteiger partial charge is 0.347 e. The van der Waals surface area contributed by atoms with E-state index in [1.165, 1.54) is 23.5 Å². The second-order valence-electron chi connectivity index (χ2n) is 6.76. The molecule has 31 heavy (non-hydrogen) atoms. The second-order valence-corrected chi connectivity index (χ2v) is 10.2. The van der Waals surface area contributed by atoms with E-state index < -0.39 is 30.8 Å². The van der Waals surface area contributed by atoms with Gasteiger partial charge in [-0.25, -0.2) is 8.78 Å². The molecule has 1 fully saturated rings. The number of anilines is 1. The van der Waals surface area contributed by atoms with Crippen LogP contribution in [0.4, 0.5) is 14.5 Å². The van der Waals surface area contributed by atoms with Gasteiger partial charge in [-0.05, 0) is 53.1 Å². The molecule has 1 unspecified atom stereocenters. The average Bonchev–Trinajstić information content (AvgIpc) is 3.14. The number of carbonyl (C=O) groups is 1. The third-order valence-corrected chi connectivity index (χ3v) is 8.29. The van der Waals surface area contributed by atoms with Crippen molar-refractivity contribution in [3.05, 3.63) is 76.8 Å². The van der Waals surface area contributed by atoms with Crippen molar-refractivity contribution in [1.82, 2.24) is 0 Å². The Hall–Kier alpha value is -2.09. The Morgan fingerprint density at radius 1 is 1.26 bits per heavy atom. The van der Waals surface area contributed by atoms with Crippen molar-refractivity contribution in [2.24, 2.45) is 0 Å². The minimum Gasteiger partial charge on any atom is -0.308 e. The molecule has 0 bridgehead atoms. The lowest BCUT2D eigenvalue weighted by Crippen LogP contribution is -2.33. The highest BCUT2D eigenvalue weighted by molar-refractivity contribution is 7.55. The molecule has 0 aliphatic carbocycles. The fraction of sp³-hybridized carbons (Fsp3) is 0.190. The number of thiophene rings is 1. The lowest BCUT2D eigenvalue weighted by Gasteiger charge is -2.32. The first kappa shape index (κ1) is 22.1. The number of nitrogens with zero attached hydrogens (tertiary/aromatic N) is 1. The smallest absolute Gasteiger partial charge is 0.308 e. The molecular weight excluding hydrogens is 467 g/mol. The number of hydrogen-bond donors (Lipinski definition) is 0. The normalized spacial score (nSPS) is 16.7. The van der Waals surface area contributed by atoms with Crippen LogP contribution in [0, 0.1) is 11.6 Å². The standard InChI is InChI=1S/C21H17ClF2NO4PS/c1-2-25(17-6-3-5-16(23)19(17)24)21(26)20(30(27)28-9-4-10-29-30)15-12-31-18-8-7-13(22)11-14(15)18/h2-3,5-8,11-12,20H,1,4,9-10H2. The minimum atomic E-state index is -3.99. The average molecular weight is 484 g/mol. The van der Waals surface area contributed by atoms with E-state index in [0.29, 0.717) is 22.4 Å². The van der Waals surface area contributed by atoms with Crippen LogP contribution < -0.4 is 4.90 Å². The summed E-state index contributed by atoms with van der Waals surface area (Å²) in [4.78, 5) is 14.5. The fourth-order valence-corrected chi connectivity index (χ4v) is 6.75. The second kappa shape index (κ2) is 8.81. The molecule has 10 heteroatoms. The SMILES string of the molecule is C=CN(C(=O)C(c1csc2ccc(Cl)cc12)P1(=O)OCCCO1)c1cccc(F)c1F. The number of amides is 1. The van der Waals surface area contributed by atoms with Gasteiger partial charge in [0.05, 0.1) is 18.9 Å². The lowest BCUT2D eigenvalue weighted by atomic mass is 10.1. The van der Waals surface area contributed by atoms with Gasteiger partial charge in [-0.15, -0.1) is 11.3 Å². The van der Waals surface area contributed by atoms with Gasteiger partial charge in [0.1, 0.15) is 0 Å². The molecule has 3 aromatic rings. The van der Waals surface area contributed by atoms with E-state index in [2.05, 4.69) is 6.58 Å². The summed E-state index contributed by atoms with van der Waals surface area (Å²) in [6, 6.07) is 8.57. The van der Waals surface area contributed by atoms with Crippen LogP contribution in [0.15, 0.2) is 54.6 Å². The first-order valence-electron chi connectivity index (χ1n) is 9.31. The molecule has 162 valence electrons. The maximum Gasteiger partial charge on any atom is 0.347 e. The molecule has 2 heterocycles. The van der Waals surface area contributed by atoms with E-state index >= 15 is 0 Å². The predicted molar refractivity (Wildman–Crippen MR) is 118 cm³/mol. The van der Waals surface area contributed by atoms with Gasteiger partial charge in [0.2, 0.25) is 0 Å². The Balaban J connectivity index is 1.88. The van der Waals surface area contributed by atoms with Gasteiger partial charge in [-0.1, -0.05) is 24.2 Å². The summed E-state index contributed by atoms with van der Waals surface area (Å²) in [5.41, 5.74) is -1.40. The van der Waals surface area contributed by atoms with Crippen LogP contribution in [0.25, 0.3) is 10.1 Å². The van der Waals surface area contributed by atoms with E-state index in [4.69, 9.17) is 20.6 Å². The van der Waals surface area contributed by atoms with E-state index in [1.807, 2.05) is 0 Å². The van der Waals surface area contributed by atoms with Gasteiger partial charge >= 0.3 is 7.60 Å². The van der Waals surface area contributed by atoms with Gasteiger partial charge in [0, 0.05) is 15.9 Å². The first-order valence-corrected chi connectivity index (χ1v) is 12.2. The molecule has 0 radical (unpaired) electrons. The molecule has 0 spiro atoms. The van der Waals surface area contributed by atoms with Crippen molar-refractivity contribution in [1.29, 1.82) is 0 Å². The number of carbonyl (C=O) groups excluding carboxylic acids is 1. The topological polar surface area (TPSA) is 55.8 Å². The van der Waals surface area contributed by atoms with Crippen LogP contribution in [0.3, 0.4) is 0 Å². The maximum absolute atomic E-state index is 14.5. The van der Waals surface area contributed by atoms with Gasteiger partial charge in [-0.3, -0.25) is 14.3 Å². The van der Waals surface area contributed by atoms with E-state index in [0.717, 1.165) is 21.9 Å². The molecule has 2 aromatic carbocycles. The summed E-state index contributed by atoms with van der Waals surface area (Å²) < 4.78 is 53.8. The van der Waals surface area contributed by atoms with Crippen LogP contribution in [0.2, 0.25) is 5.02 Å². The van der Waals surface area contributed by atoms with Gasteiger partial charge < -0.3 is 9.05 Å². The third-order valence-electron chi connectivity index (χ3n) is 4.85. The molecule has 1 atom stereocenters. The monoisotopic (exact) mass is 483 g/mol. The molecular formula is C21H17ClF2NO4PS. The van der Waals surface area contributed by atoms with Crippen molar-refractivity contribution in [2.75, 3.05) is 18.1 Å². The number of hydrogen-bond acceptors (Lipinski definition) is 5. The van der Waals surface area contributed by atoms with Gasteiger partial charge in [0.25, 0.3) is 5.91 Å². The Morgan fingerprint density at radius 3 is 2.71 bits per heavy atom. The summed E-state index contributed by atoms with van der Waals surface area (Å²) >= 11 is 7.48. The van der Waals surface area contributed by atoms with E-state index in [-0.39, 0.29) is 18.9 Å². The highest BCUT2D eigenvalue weighted by Crippen LogP contribution is 2.64. The molecule has 4 rings (SSSR count). The molecule has 1 aliphatic heterocycles. The molecule has 1 aliphatic rings. The van der Waals surface area contributed by atoms with Crippen molar-refractivity contribution in [3.8, 4) is 0 Å². The van der Waals surface area contributed by atoms with Crippen LogP contribution in [0.1, 0.15) is 17.6 Å². The number of rotatable bonds is 5. The lowest BCUT2D eigenvalue weighted by molar-refractivity contribution is -0.118. The van der Waals surface area contributed by atoms with E-state index in [1.54, 1.807) is 23.6 Å². The van der Waals surface area contributed by atoms with Gasteiger partial charge in [-0.2, -0.15) is 0 Å². The zero-order valence-electron chi connectivity index (χ0n) is 16.1. The van der Waals surface area contributed by atoms with Crippen molar-refractivity contribution in [2.45, 2.75) is 12.1 Å². The van der Waals surface area contributed by atoms with Crippen molar-refractivity contribution >= 4 is 52.2 Å². The summed E-state index contributed by atoms with van der Waals surface area (Å²) in [5.74, 6) is -3.17. The quantitative estimate of drug-likeness (QED) is 0.380. The van der Waals surface area contributed by atoms with E-state index in [9.17, 15) is 18.1 Å². The van der Waals surface area contributed by atoms with Gasteiger partial charge in [0.15, 0.2) is 17.3 Å². The Labute approximate surface area is 186 Å². The first-order chi connectivity index (χ1) is 14.9. The molecule has 1 saturated heterocycles. The highest BCUT2D eigenvalue weighted by Gasteiger charge is 2.47. The Kier molecular flexibility index (Phi) is 6.28. The third kappa shape index (κ3) is 4.06. The minimum absolute atomic E-state index is 0.145. The van der Waals surface area contributed by atoms with Crippen LogP contribution in [0.5, 0.6) is 0 Å². The molecule has 0 saturated carbocycles. The Morgan fingerprint density at radius 2 is 2.00 bits per heavy atom. The molecule has 1 aromatic heterocycles. The van der Waals surface area contributed by atoms with Crippen molar-refractivity contribution in [3.63, 3.8) is 0 Å². The van der Waals surface area contributed by atoms with Crippen LogP contribution in [-0.2, 0) is 18.4 Å². The summed E-state index contributed by atoms with van der Waals surface area (Å²) in [5, 5.41) is 2.71. The zero-order valence-corrected chi connectivity index (χ0v) is 18.6. The number of fused-ring (bicyclic) bond motifs is 1.